The normalized spacial score (nSPS) is 25.2. The third kappa shape index (κ3) is 1.45. The Kier molecular flexibility index (Phi) is 1.75. The van der Waals surface area contributed by atoms with Crippen LogP contribution in [0.2, 0.25) is 0 Å². The maximum Gasteiger partial charge on any atom is 0.315 e. The quantitative estimate of drug-likeness (QED) is 0.592. The first-order valence-corrected chi connectivity index (χ1v) is 3.83. The fourth-order valence-electron chi connectivity index (χ4n) is 0.494. The molecular weight excluding hydrogens is 138 g/mol. The molecule has 0 fully saturated rings. The van der Waals surface area contributed by atoms with Crippen LogP contribution in [0.1, 0.15) is 13.8 Å². The highest BCUT2D eigenvalue weighted by Gasteiger charge is 2.13. The lowest BCUT2D eigenvalue weighted by Gasteiger charge is -2.00. The lowest BCUT2D eigenvalue weighted by molar-refractivity contribution is 0.514. The van der Waals surface area contributed by atoms with E-state index in [0.29, 0.717) is 5.92 Å². The van der Waals surface area contributed by atoms with Crippen molar-refractivity contribution in [3.63, 3.8) is 0 Å². The van der Waals surface area contributed by atoms with Crippen molar-refractivity contribution in [2.24, 2.45) is 5.92 Å². The molecule has 0 aliphatic carbocycles. The average molecular weight is 147 g/mol. The van der Waals surface area contributed by atoms with Crippen LogP contribution >= 0.6 is 0 Å². The highest BCUT2D eigenvalue weighted by Crippen LogP contribution is 2.11. The zero-order valence-corrected chi connectivity index (χ0v) is 6.20. The van der Waals surface area contributed by atoms with Crippen LogP contribution in [0.15, 0.2) is 12.0 Å². The van der Waals surface area contributed by atoms with Gasteiger partial charge in [0.15, 0.2) is 0 Å². The summed E-state index contributed by atoms with van der Waals surface area (Å²) >= 11 is -1.32. The molecule has 52 valence electrons. The van der Waals surface area contributed by atoms with E-state index in [1.807, 2.05) is 13.8 Å². The lowest BCUT2D eigenvalue weighted by atomic mass is 10.2. The van der Waals surface area contributed by atoms with Gasteiger partial charge in [-0.25, -0.2) is 0 Å². The second kappa shape index (κ2) is 2.39. The number of hydrogen-bond acceptors (Lipinski definition) is 2. The van der Waals surface area contributed by atoms with Crippen molar-refractivity contribution in [3.05, 3.63) is 12.0 Å². The van der Waals surface area contributed by atoms with Crippen molar-refractivity contribution < 1.29 is 8.39 Å². The largest absolute Gasteiger partial charge is 0.391 e. The van der Waals surface area contributed by atoms with Gasteiger partial charge in [0.2, 0.25) is 0 Å². The summed E-state index contributed by atoms with van der Waals surface area (Å²) in [7, 11) is 0. The van der Waals surface area contributed by atoms with E-state index in [2.05, 4.69) is 8.91 Å². The maximum absolute atomic E-state index is 10.5. The second-order valence-corrected chi connectivity index (χ2v) is 3.03. The number of hydrogen-bond donors (Lipinski definition) is 1. The van der Waals surface area contributed by atoms with Crippen LogP contribution in [0.5, 0.6) is 0 Å². The van der Waals surface area contributed by atoms with Crippen molar-refractivity contribution in [2.75, 3.05) is 0 Å². The van der Waals surface area contributed by atoms with Gasteiger partial charge in [0.25, 0.3) is 0 Å². The van der Waals surface area contributed by atoms with Gasteiger partial charge >= 0.3 is 11.3 Å². The fourth-order valence-corrected chi connectivity index (χ4v) is 1.21. The van der Waals surface area contributed by atoms with E-state index in [4.69, 9.17) is 0 Å². The Hall–Kier alpha value is -0.510. The van der Waals surface area contributed by atoms with Crippen LogP contribution in [-0.4, -0.2) is 4.21 Å². The van der Waals surface area contributed by atoms with E-state index in [1.165, 1.54) is 6.26 Å². The van der Waals surface area contributed by atoms with E-state index < -0.39 is 11.3 Å². The van der Waals surface area contributed by atoms with Crippen molar-refractivity contribution in [2.45, 2.75) is 13.8 Å². The van der Waals surface area contributed by atoms with Crippen LogP contribution in [0.25, 0.3) is 0 Å². The molecule has 3 nitrogen and oxygen atoms in total. The molecule has 1 rings (SSSR count). The standard InChI is InChI=1S/C5H9NO2S/c1-4(2)5-3-8-9(7)6-5/h3-4,6H,1-2H3. The van der Waals surface area contributed by atoms with Gasteiger partial charge in [-0.1, -0.05) is 13.8 Å². The van der Waals surface area contributed by atoms with Gasteiger partial charge in [0.05, 0.1) is 5.70 Å². The molecule has 4 heteroatoms. The Morgan fingerprint density at radius 2 is 2.44 bits per heavy atom. The number of rotatable bonds is 1. The summed E-state index contributed by atoms with van der Waals surface area (Å²) in [5.74, 6) is 0.358. The fraction of sp³-hybridized carbons (Fsp3) is 0.600. The smallest absolute Gasteiger partial charge is 0.315 e. The van der Waals surface area contributed by atoms with Gasteiger partial charge < -0.3 is 4.18 Å². The van der Waals surface area contributed by atoms with Gasteiger partial charge in [0, 0.05) is 0 Å². The topological polar surface area (TPSA) is 38.3 Å². The Balaban J connectivity index is 2.55. The minimum Gasteiger partial charge on any atom is -0.391 e. The van der Waals surface area contributed by atoms with Crippen LogP contribution < -0.4 is 4.72 Å². The Labute approximate surface area is 56.9 Å². The third-order valence-corrected chi connectivity index (χ3v) is 1.76. The molecule has 9 heavy (non-hydrogen) atoms. The van der Waals surface area contributed by atoms with Crippen LogP contribution in [-0.2, 0) is 15.4 Å². The van der Waals surface area contributed by atoms with Gasteiger partial charge in [-0.2, -0.15) is 4.21 Å². The van der Waals surface area contributed by atoms with Crippen molar-refractivity contribution in [1.29, 1.82) is 0 Å². The molecular formula is C5H9NO2S. The van der Waals surface area contributed by atoms with E-state index in [9.17, 15) is 4.21 Å². The minimum atomic E-state index is -1.32. The summed E-state index contributed by atoms with van der Waals surface area (Å²) in [6.45, 7) is 4.01. The van der Waals surface area contributed by atoms with Crippen molar-refractivity contribution in [3.8, 4) is 0 Å². The molecule has 1 heterocycles. The van der Waals surface area contributed by atoms with Crippen LogP contribution in [0.3, 0.4) is 0 Å². The van der Waals surface area contributed by atoms with Crippen molar-refractivity contribution >= 4 is 11.3 Å². The number of nitrogens with one attached hydrogen (secondary N) is 1. The van der Waals surface area contributed by atoms with E-state index in [-0.39, 0.29) is 0 Å². The van der Waals surface area contributed by atoms with Crippen molar-refractivity contribution in [1.82, 2.24) is 4.72 Å². The summed E-state index contributed by atoms with van der Waals surface area (Å²) in [5, 5.41) is 0. The second-order valence-electron chi connectivity index (χ2n) is 2.16. The maximum atomic E-state index is 10.5. The molecule has 0 saturated carbocycles. The average Bonchev–Trinajstić information content (AvgIpc) is 2.14. The Bertz CT molecular complexity index is 164. The Morgan fingerprint density at radius 1 is 1.78 bits per heavy atom. The molecule has 0 spiro atoms. The molecule has 1 aliphatic heterocycles. The molecule has 0 radical (unpaired) electrons. The zero-order chi connectivity index (χ0) is 6.85. The van der Waals surface area contributed by atoms with E-state index in [1.54, 1.807) is 0 Å². The zero-order valence-electron chi connectivity index (χ0n) is 5.38. The minimum absolute atomic E-state index is 0.358. The van der Waals surface area contributed by atoms with E-state index in [0.717, 1.165) is 5.70 Å². The molecule has 1 unspecified atom stereocenters. The van der Waals surface area contributed by atoms with E-state index >= 15 is 0 Å². The lowest BCUT2D eigenvalue weighted by Crippen LogP contribution is -2.13. The monoisotopic (exact) mass is 147 g/mol. The predicted octanol–water partition coefficient (Wildman–Crippen LogP) is 0.682. The molecule has 1 aliphatic rings. The molecule has 0 aromatic carbocycles. The summed E-state index contributed by atoms with van der Waals surface area (Å²) in [6, 6.07) is 0. The predicted molar refractivity (Wildman–Crippen MR) is 35.3 cm³/mol. The van der Waals surface area contributed by atoms with Gasteiger partial charge in [-0.3, -0.25) is 4.72 Å². The molecule has 1 N–H and O–H groups in total. The van der Waals surface area contributed by atoms with Gasteiger partial charge in [-0.05, 0) is 5.92 Å². The summed E-state index contributed by atoms with van der Waals surface area (Å²) in [4.78, 5) is 0. The van der Waals surface area contributed by atoms with Gasteiger partial charge in [0.1, 0.15) is 6.26 Å². The summed E-state index contributed by atoms with van der Waals surface area (Å²) in [5.41, 5.74) is 0.897. The Morgan fingerprint density at radius 3 is 2.67 bits per heavy atom. The summed E-state index contributed by atoms with van der Waals surface area (Å²) in [6.07, 6.45) is 1.50. The SMILES string of the molecule is CC(C)C1=COS(=O)N1. The first-order valence-electron chi connectivity index (χ1n) is 2.76. The molecule has 0 saturated heterocycles. The summed E-state index contributed by atoms with van der Waals surface area (Å²) < 4.78 is 17.8. The molecule has 0 amide bonds. The number of allylic oxidation sites excluding steroid dienone is 1. The first-order chi connectivity index (χ1) is 4.20. The molecule has 1 atom stereocenters. The highest BCUT2D eigenvalue weighted by molar-refractivity contribution is 7.78. The molecule has 0 bridgehead atoms. The van der Waals surface area contributed by atoms with Gasteiger partial charge in [-0.15, -0.1) is 0 Å². The molecule has 0 aromatic rings. The first kappa shape index (κ1) is 6.61. The highest BCUT2D eigenvalue weighted by atomic mass is 32.2. The van der Waals surface area contributed by atoms with Crippen LogP contribution in [0, 0.1) is 5.92 Å². The van der Waals surface area contributed by atoms with Crippen LogP contribution in [0.4, 0.5) is 0 Å². The molecule has 0 aromatic heterocycles. The third-order valence-electron chi connectivity index (χ3n) is 1.09.